The van der Waals surface area contributed by atoms with E-state index in [0.717, 1.165) is 15.4 Å². The highest BCUT2D eigenvalue weighted by Crippen LogP contribution is 2.44. The molecule has 0 aliphatic rings. The van der Waals surface area contributed by atoms with Crippen LogP contribution in [0.3, 0.4) is 0 Å². The minimum absolute atomic E-state index is 0.0134. The molecule has 0 saturated heterocycles. The monoisotopic (exact) mass is 507 g/mol. The van der Waals surface area contributed by atoms with Crippen molar-refractivity contribution in [2.45, 2.75) is 37.7 Å². The third-order valence-electron chi connectivity index (χ3n) is 4.76. The minimum Gasteiger partial charge on any atom is -0.508 e. The lowest BCUT2D eigenvalue weighted by molar-refractivity contribution is -0.131. The Labute approximate surface area is 194 Å². The van der Waals surface area contributed by atoms with E-state index in [1.807, 2.05) is 32.2 Å². The minimum atomic E-state index is -1.01. The molecule has 3 N–H and O–H groups in total. The van der Waals surface area contributed by atoms with Gasteiger partial charge in [0.1, 0.15) is 11.9 Å². The van der Waals surface area contributed by atoms with E-state index < -0.39 is 23.6 Å². The number of phenols is 1. The molecule has 0 spiro atoms. The van der Waals surface area contributed by atoms with E-state index in [1.165, 1.54) is 6.07 Å². The number of carboxylic acids is 1. The van der Waals surface area contributed by atoms with Crippen LogP contribution in [-0.2, 0) is 9.53 Å². The summed E-state index contributed by atoms with van der Waals surface area (Å²) in [6.45, 7) is 3.82. The van der Waals surface area contributed by atoms with Crippen molar-refractivity contribution in [3.05, 3.63) is 64.7 Å². The van der Waals surface area contributed by atoms with Crippen molar-refractivity contribution < 1.29 is 24.5 Å². The Bertz CT molecular complexity index is 943. The van der Waals surface area contributed by atoms with E-state index in [4.69, 9.17) is 9.84 Å². The van der Waals surface area contributed by atoms with Gasteiger partial charge in [0.05, 0.1) is 0 Å². The van der Waals surface area contributed by atoms with Crippen LogP contribution in [0, 0.1) is 5.41 Å². The first-order valence-electron chi connectivity index (χ1n) is 9.62. The molecule has 2 rings (SSSR count). The zero-order valence-corrected chi connectivity index (χ0v) is 20.0. The van der Waals surface area contributed by atoms with Crippen LogP contribution in [0.2, 0.25) is 0 Å². The van der Waals surface area contributed by atoms with Crippen LogP contribution in [0.1, 0.15) is 38.4 Å². The Hall–Kier alpha value is -2.45. The number of carbonyl (C=O) groups is 2. The molecular formula is C23H26BrNO5S. The van der Waals surface area contributed by atoms with E-state index in [9.17, 15) is 14.7 Å². The molecule has 1 atom stereocenters. The number of anilines is 1. The van der Waals surface area contributed by atoms with Crippen LogP contribution >= 0.6 is 27.7 Å². The molecule has 1 amide bonds. The molecule has 0 heterocycles. The Balaban J connectivity index is 2.24. The molecule has 166 valence electrons. The average molecular weight is 508 g/mol. The van der Waals surface area contributed by atoms with Gasteiger partial charge < -0.3 is 14.9 Å². The van der Waals surface area contributed by atoms with E-state index >= 15 is 0 Å². The second-order valence-corrected chi connectivity index (χ2v) is 9.41. The molecule has 2 aromatic carbocycles. The molecule has 0 saturated carbocycles. The summed E-state index contributed by atoms with van der Waals surface area (Å²) in [7, 11) is 0. The predicted octanol–water partition coefficient (Wildman–Crippen LogP) is 6.61. The maximum Gasteiger partial charge on any atom is 0.412 e. The Kier molecular flexibility index (Phi) is 9.00. The van der Waals surface area contributed by atoms with Gasteiger partial charge >= 0.3 is 12.1 Å². The molecule has 0 aromatic heterocycles. The number of ether oxygens (including phenoxy) is 1. The molecule has 6 nitrogen and oxygen atoms in total. The molecule has 2 aromatic rings. The zero-order valence-electron chi connectivity index (χ0n) is 17.6. The number of rotatable bonds is 9. The molecule has 0 aliphatic heterocycles. The zero-order chi connectivity index (χ0) is 23.0. The summed E-state index contributed by atoms with van der Waals surface area (Å²) in [5.74, 6) is -0.999. The van der Waals surface area contributed by atoms with Gasteiger partial charge in [-0.15, -0.1) is 11.8 Å². The third kappa shape index (κ3) is 7.63. The van der Waals surface area contributed by atoms with Gasteiger partial charge in [-0.2, -0.15) is 0 Å². The topological polar surface area (TPSA) is 95.9 Å². The van der Waals surface area contributed by atoms with Crippen LogP contribution in [0.5, 0.6) is 5.75 Å². The number of hydrogen-bond acceptors (Lipinski definition) is 5. The summed E-state index contributed by atoms with van der Waals surface area (Å²) in [4.78, 5) is 24.5. The summed E-state index contributed by atoms with van der Waals surface area (Å²) in [5, 5.41) is 22.0. The molecular weight excluding hydrogens is 482 g/mol. The number of allylic oxidation sites excluding steroid dienone is 1. The number of benzene rings is 2. The average Bonchev–Trinajstić information content (AvgIpc) is 2.72. The quantitative estimate of drug-likeness (QED) is 0.261. The van der Waals surface area contributed by atoms with Crippen LogP contribution in [0.4, 0.5) is 10.5 Å². The number of thioether (sulfide) groups is 1. The van der Waals surface area contributed by atoms with Crippen molar-refractivity contribution in [1.29, 1.82) is 0 Å². The van der Waals surface area contributed by atoms with Crippen LogP contribution in [0.15, 0.2) is 64.0 Å². The number of aromatic hydroxyl groups is 1. The van der Waals surface area contributed by atoms with Crippen molar-refractivity contribution in [3.63, 3.8) is 0 Å². The fourth-order valence-corrected chi connectivity index (χ4v) is 3.87. The summed E-state index contributed by atoms with van der Waals surface area (Å²) >= 11 is 5.00. The Morgan fingerprint density at radius 1 is 1.23 bits per heavy atom. The maximum atomic E-state index is 12.7. The predicted molar refractivity (Wildman–Crippen MR) is 127 cm³/mol. The molecule has 8 heteroatoms. The number of carbonyl (C=O) groups excluding carboxylic acids is 1. The van der Waals surface area contributed by atoms with Crippen molar-refractivity contribution >= 4 is 45.4 Å². The lowest BCUT2D eigenvalue weighted by Gasteiger charge is -2.34. The van der Waals surface area contributed by atoms with Gasteiger partial charge in [0.15, 0.2) is 0 Å². The fourth-order valence-electron chi connectivity index (χ4n) is 3.08. The fraction of sp³-hybridized carbons (Fsp3) is 0.304. The number of nitrogens with one attached hydrogen (secondary N) is 1. The van der Waals surface area contributed by atoms with Gasteiger partial charge in [-0.3, -0.25) is 5.32 Å². The first kappa shape index (κ1) is 24.8. The Morgan fingerprint density at radius 3 is 2.52 bits per heavy atom. The lowest BCUT2D eigenvalue weighted by Crippen LogP contribution is -2.29. The summed E-state index contributed by atoms with van der Waals surface area (Å²) in [6.07, 6.45) is 4.22. The van der Waals surface area contributed by atoms with Crippen molar-refractivity contribution in [2.24, 2.45) is 5.41 Å². The standard InChI is InChI=1S/C23H26BrNO5S/c1-23(2,13-5-4-6-20(27)28)21(18-14-15(24)7-12-19(18)26)30-22(29)25-16-8-10-17(31-3)11-9-16/h4,6-12,14,21,26H,5,13H2,1-3H3,(H,25,29)(H,27,28)/b6-4+/t21-/m1/s1. The summed E-state index contributed by atoms with van der Waals surface area (Å²) in [6, 6.07) is 12.3. The van der Waals surface area contributed by atoms with E-state index in [-0.39, 0.29) is 5.75 Å². The molecule has 0 radical (unpaired) electrons. The molecule has 0 fully saturated rings. The third-order valence-corrected chi connectivity index (χ3v) is 6.00. The first-order valence-corrected chi connectivity index (χ1v) is 11.6. The lowest BCUT2D eigenvalue weighted by atomic mass is 9.78. The summed E-state index contributed by atoms with van der Waals surface area (Å²) in [5.41, 5.74) is 0.470. The molecule has 0 aliphatic carbocycles. The van der Waals surface area contributed by atoms with Gasteiger partial charge in [-0.05, 0) is 61.6 Å². The van der Waals surface area contributed by atoms with Crippen LogP contribution < -0.4 is 5.32 Å². The van der Waals surface area contributed by atoms with Crippen molar-refractivity contribution in [1.82, 2.24) is 0 Å². The van der Waals surface area contributed by atoms with E-state index in [1.54, 1.807) is 42.1 Å². The highest BCUT2D eigenvalue weighted by atomic mass is 79.9. The normalized spacial score (nSPS) is 12.5. The van der Waals surface area contributed by atoms with Gasteiger partial charge in [-0.1, -0.05) is 35.9 Å². The van der Waals surface area contributed by atoms with Gasteiger partial charge in [0, 0.05) is 32.1 Å². The summed E-state index contributed by atoms with van der Waals surface area (Å²) < 4.78 is 6.54. The highest BCUT2D eigenvalue weighted by Gasteiger charge is 2.35. The SMILES string of the molecule is CSc1ccc(NC(=O)O[C@H](c2cc(Br)ccc2O)C(C)(C)CC/C=C/C(=O)O)cc1. The van der Waals surface area contributed by atoms with Gasteiger partial charge in [0.2, 0.25) is 0 Å². The van der Waals surface area contributed by atoms with Crippen LogP contribution in [-0.4, -0.2) is 28.5 Å². The highest BCUT2D eigenvalue weighted by molar-refractivity contribution is 9.10. The van der Waals surface area contributed by atoms with Crippen molar-refractivity contribution in [3.8, 4) is 5.75 Å². The number of halogens is 1. The number of aliphatic carboxylic acids is 1. The molecule has 0 unspecified atom stereocenters. The van der Waals surface area contributed by atoms with E-state index in [0.29, 0.717) is 24.1 Å². The second kappa shape index (κ2) is 11.2. The van der Waals surface area contributed by atoms with Gasteiger partial charge in [0.25, 0.3) is 0 Å². The number of amides is 1. The van der Waals surface area contributed by atoms with E-state index in [2.05, 4.69) is 21.2 Å². The van der Waals surface area contributed by atoms with Crippen LogP contribution in [0.25, 0.3) is 0 Å². The maximum absolute atomic E-state index is 12.7. The first-order chi connectivity index (χ1) is 14.6. The Morgan fingerprint density at radius 2 is 1.90 bits per heavy atom. The largest absolute Gasteiger partial charge is 0.508 e. The smallest absolute Gasteiger partial charge is 0.412 e. The molecule has 31 heavy (non-hydrogen) atoms. The number of hydrogen-bond donors (Lipinski definition) is 3. The van der Waals surface area contributed by atoms with Gasteiger partial charge in [-0.25, -0.2) is 9.59 Å². The number of carboxylic acid groups (broad SMARTS) is 1. The van der Waals surface area contributed by atoms with Crippen molar-refractivity contribution in [2.75, 3.05) is 11.6 Å². The molecule has 0 bridgehead atoms. The number of phenolic OH excluding ortho intramolecular Hbond substituents is 1. The second-order valence-electron chi connectivity index (χ2n) is 7.61.